The van der Waals surface area contributed by atoms with Crippen molar-refractivity contribution in [2.75, 3.05) is 6.79 Å². The molecule has 0 aliphatic carbocycles. The smallest absolute Gasteiger partial charge is 0.328 e. The highest BCUT2D eigenvalue weighted by molar-refractivity contribution is 7.07. The van der Waals surface area contributed by atoms with Crippen molar-refractivity contribution in [1.29, 1.82) is 0 Å². The van der Waals surface area contributed by atoms with Crippen LogP contribution in [0.3, 0.4) is 0 Å². The van der Waals surface area contributed by atoms with Gasteiger partial charge in [-0.1, -0.05) is 0 Å². The Morgan fingerprint density at radius 1 is 1.43 bits per heavy atom. The lowest BCUT2D eigenvalue weighted by Crippen LogP contribution is -1.97. The van der Waals surface area contributed by atoms with E-state index >= 15 is 0 Å². The molecule has 0 fully saturated rings. The Bertz CT molecular complexity index is 681. The largest absolute Gasteiger partial charge is 0.486 e. The summed E-state index contributed by atoms with van der Waals surface area (Å²) in [5.41, 5.74) is 3.14. The molecule has 0 saturated carbocycles. The zero-order chi connectivity index (χ0) is 14.7. The lowest BCUT2D eigenvalue weighted by atomic mass is 10.1. The number of thiazole rings is 1. The maximum Gasteiger partial charge on any atom is 0.328 e. The fourth-order valence-electron chi connectivity index (χ4n) is 1.82. The number of aliphatic carboxylic acids is 1. The van der Waals surface area contributed by atoms with Crippen molar-refractivity contribution in [3.63, 3.8) is 0 Å². The summed E-state index contributed by atoms with van der Waals surface area (Å²) >= 11 is 1.49. The van der Waals surface area contributed by atoms with Crippen molar-refractivity contribution in [3.8, 4) is 17.2 Å². The minimum Gasteiger partial charge on any atom is -0.486 e. The van der Waals surface area contributed by atoms with Crippen LogP contribution < -0.4 is 14.2 Å². The van der Waals surface area contributed by atoms with Gasteiger partial charge < -0.3 is 19.3 Å². The number of carbonyl (C=O) groups is 1. The van der Waals surface area contributed by atoms with Crippen LogP contribution in [0.5, 0.6) is 17.2 Å². The first-order chi connectivity index (χ1) is 10.2. The number of hydrogen-bond donors (Lipinski definition) is 1. The van der Waals surface area contributed by atoms with Crippen LogP contribution in [0.25, 0.3) is 6.08 Å². The highest BCUT2D eigenvalue weighted by Crippen LogP contribution is 2.39. The molecule has 0 radical (unpaired) electrons. The molecule has 3 rings (SSSR count). The third-order valence-electron chi connectivity index (χ3n) is 2.77. The summed E-state index contributed by atoms with van der Waals surface area (Å²) in [6.07, 6.45) is 2.51. The first-order valence-electron chi connectivity index (χ1n) is 6.07. The van der Waals surface area contributed by atoms with Crippen LogP contribution in [-0.2, 0) is 11.4 Å². The van der Waals surface area contributed by atoms with Gasteiger partial charge in [0.2, 0.25) is 6.79 Å². The number of aromatic nitrogens is 1. The van der Waals surface area contributed by atoms with Gasteiger partial charge in [0.1, 0.15) is 12.4 Å². The third kappa shape index (κ3) is 3.14. The first-order valence-corrected chi connectivity index (χ1v) is 7.01. The Labute approximate surface area is 124 Å². The minimum absolute atomic E-state index is 0.146. The Morgan fingerprint density at radius 3 is 2.95 bits per heavy atom. The van der Waals surface area contributed by atoms with Crippen LogP contribution in [0.4, 0.5) is 0 Å². The van der Waals surface area contributed by atoms with Crippen molar-refractivity contribution in [2.24, 2.45) is 0 Å². The summed E-state index contributed by atoms with van der Waals surface area (Å²) in [5, 5.41) is 10.6. The van der Waals surface area contributed by atoms with Crippen molar-refractivity contribution >= 4 is 23.4 Å². The number of nitrogens with zero attached hydrogens (tertiary/aromatic N) is 1. The second-order valence-electron chi connectivity index (χ2n) is 4.18. The van der Waals surface area contributed by atoms with Gasteiger partial charge in [-0.05, 0) is 12.1 Å². The van der Waals surface area contributed by atoms with E-state index in [0.29, 0.717) is 29.4 Å². The molecule has 1 aliphatic heterocycles. The Hall–Kier alpha value is -2.54. The molecule has 1 aromatic heterocycles. The number of carboxylic acids is 1. The number of fused-ring (bicyclic) bond motifs is 1. The van der Waals surface area contributed by atoms with Gasteiger partial charge in [-0.2, -0.15) is 0 Å². The molecule has 0 saturated heterocycles. The van der Waals surface area contributed by atoms with Crippen molar-refractivity contribution in [3.05, 3.63) is 40.4 Å². The highest BCUT2D eigenvalue weighted by atomic mass is 32.1. The molecule has 1 aromatic carbocycles. The summed E-state index contributed by atoms with van der Waals surface area (Å²) in [6.45, 7) is 0.448. The van der Waals surface area contributed by atoms with E-state index in [1.165, 1.54) is 17.4 Å². The molecule has 2 heterocycles. The van der Waals surface area contributed by atoms with E-state index in [2.05, 4.69) is 4.98 Å². The molecular formula is C14H11NO5S. The maximum atomic E-state index is 10.7. The SMILES string of the molecule is O=C(O)C=Cc1cc2c(cc1OCc1cscn1)OCO2. The van der Waals surface area contributed by atoms with Gasteiger partial charge in [0.05, 0.1) is 11.2 Å². The molecular weight excluding hydrogens is 294 g/mol. The summed E-state index contributed by atoms with van der Waals surface area (Å²) in [5.74, 6) is 0.639. The summed E-state index contributed by atoms with van der Waals surface area (Å²) in [7, 11) is 0. The third-order valence-corrected chi connectivity index (χ3v) is 3.40. The quantitative estimate of drug-likeness (QED) is 0.855. The van der Waals surface area contributed by atoms with E-state index in [0.717, 1.165) is 11.8 Å². The Morgan fingerprint density at radius 2 is 2.24 bits per heavy atom. The average molecular weight is 305 g/mol. The van der Waals surface area contributed by atoms with Gasteiger partial charge in [-0.15, -0.1) is 11.3 Å². The first kappa shape index (κ1) is 13.4. The molecule has 6 nitrogen and oxygen atoms in total. The molecule has 7 heteroatoms. The lowest BCUT2D eigenvalue weighted by Gasteiger charge is -2.09. The normalized spacial score (nSPS) is 12.8. The van der Waals surface area contributed by atoms with Crippen molar-refractivity contribution < 1.29 is 24.1 Å². The van der Waals surface area contributed by atoms with Gasteiger partial charge in [0, 0.05) is 23.1 Å². The van der Waals surface area contributed by atoms with E-state index in [-0.39, 0.29) is 6.79 Å². The molecule has 0 atom stereocenters. The van der Waals surface area contributed by atoms with Gasteiger partial charge >= 0.3 is 5.97 Å². The van der Waals surface area contributed by atoms with Crippen LogP contribution in [0.15, 0.2) is 29.1 Å². The van der Waals surface area contributed by atoms with Crippen LogP contribution in [0.1, 0.15) is 11.3 Å². The fourth-order valence-corrected chi connectivity index (χ4v) is 2.36. The number of carboxylic acid groups (broad SMARTS) is 1. The minimum atomic E-state index is -1.03. The van der Waals surface area contributed by atoms with E-state index in [1.54, 1.807) is 17.6 Å². The van der Waals surface area contributed by atoms with E-state index < -0.39 is 5.97 Å². The number of ether oxygens (including phenoxy) is 3. The zero-order valence-corrected chi connectivity index (χ0v) is 11.6. The van der Waals surface area contributed by atoms with Crippen molar-refractivity contribution in [1.82, 2.24) is 4.98 Å². The molecule has 1 N–H and O–H groups in total. The Kier molecular flexibility index (Phi) is 3.74. The predicted octanol–water partition coefficient (Wildman–Crippen LogP) is 2.55. The standard InChI is InChI=1S/C14H11NO5S/c16-14(17)2-1-9-3-12-13(20-8-19-12)4-11(9)18-5-10-6-21-7-15-10/h1-4,6-7H,5,8H2,(H,16,17). The maximum absolute atomic E-state index is 10.7. The van der Waals surface area contributed by atoms with E-state index in [1.807, 2.05) is 5.38 Å². The topological polar surface area (TPSA) is 77.9 Å². The molecule has 0 spiro atoms. The number of rotatable bonds is 5. The Balaban J connectivity index is 1.87. The average Bonchev–Trinajstić information content (AvgIpc) is 3.12. The predicted molar refractivity (Wildman–Crippen MR) is 75.7 cm³/mol. The van der Waals surface area contributed by atoms with Gasteiger partial charge in [0.15, 0.2) is 11.5 Å². The summed E-state index contributed by atoms with van der Waals surface area (Å²) < 4.78 is 16.3. The van der Waals surface area contributed by atoms with Gasteiger partial charge in [-0.25, -0.2) is 9.78 Å². The van der Waals surface area contributed by atoms with Crippen molar-refractivity contribution in [2.45, 2.75) is 6.61 Å². The van der Waals surface area contributed by atoms with E-state index in [4.69, 9.17) is 19.3 Å². The summed E-state index contributed by atoms with van der Waals surface area (Å²) in [4.78, 5) is 14.8. The van der Waals surface area contributed by atoms with Crippen LogP contribution >= 0.6 is 11.3 Å². The van der Waals surface area contributed by atoms with Crippen LogP contribution in [0, 0.1) is 0 Å². The number of benzene rings is 1. The van der Waals surface area contributed by atoms with Gasteiger partial charge in [0.25, 0.3) is 0 Å². The number of hydrogen-bond acceptors (Lipinski definition) is 6. The monoisotopic (exact) mass is 305 g/mol. The molecule has 1 aliphatic rings. The lowest BCUT2D eigenvalue weighted by molar-refractivity contribution is -0.131. The van der Waals surface area contributed by atoms with Crippen LogP contribution in [-0.4, -0.2) is 22.9 Å². The molecule has 0 unspecified atom stereocenters. The van der Waals surface area contributed by atoms with E-state index in [9.17, 15) is 4.79 Å². The second-order valence-corrected chi connectivity index (χ2v) is 4.90. The zero-order valence-electron chi connectivity index (χ0n) is 10.8. The van der Waals surface area contributed by atoms with Gasteiger partial charge in [-0.3, -0.25) is 0 Å². The molecule has 108 valence electrons. The molecule has 0 amide bonds. The summed E-state index contributed by atoms with van der Waals surface area (Å²) in [6, 6.07) is 3.38. The molecule has 21 heavy (non-hydrogen) atoms. The molecule has 2 aromatic rings. The van der Waals surface area contributed by atoms with Crippen LogP contribution in [0.2, 0.25) is 0 Å². The fraction of sp³-hybridized carbons (Fsp3) is 0.143. The molecule has 0 bridgehead atoms. The second kappa shape index (κ2) is 5.84. The highest BCUT2D eigenvalue weighted by Gasteiger charge is 2.17.